The van der Waals surface area contributed by atoms with Gasteiger partial charge in [-0.3, -0.25) is 9.78 Å². The first-order valence-corrected chi connectivity index (χ1v) is 11.4. The molecule has 0 radical (unpaired) electrons. The Labute approximate surface area is 193 Å². The fourth-order valence-corrected chi connectivity index (χ4v) is 4.92. The summed E-state index contributed by atoms with van der Waals surface area (Å²) in [5.41, 5.74) is 10.7. The van der Waals surface area contributed by atoms with Crippen LogP contribution >= 0.6 is 15.9 Å². The number of carbonyl (C=O) groups is 1. The summed E-state index contributed by atoms with van der Waals surface area (Å²) in [6.45, 7) is 2.66. The van der Waals surface area contributed by atoms with Crippen molar-refractivity contribution in [3.05, 3.63) is 52.9 Å². The number of piperidine rings is 1. The average molecular weight is 495 g/mol. The number of hydrogen-bond acceptors (Lipinski definition) is 6. The molecule has 0 aliphatic carbocycles. The minimum absolute atomic E-state index is 0.146. The zero-order chi connectivity index (χ0) is 22.4. The number of carbonyl (C=O) groups excluding carboxylic acids is 1. The molecule has 164 valence electrons. The van der Waals surface area contributed by atoms with Crippen molar-refractivity contribution >= 4 is 44.2 Å². The number of nitrogen functional groups attached to an aromatic ring is 1. The number of fused-ring (bicyclic) bond motifs is 2. The average Bonchev–Trinajstić information content (AvgIpc) is 3.25. The van der Waals surface area contributed by atoms with Gasteiger partial charge in [0.05, 0.1) is 21.9 Å². The minimum atomic E-state index is -0.978. The zero-order valence-electron chi connectivity index (χ0n) is 17.6. The molecule has 9 heteroatoms. The summed E-state index contributed by atoms with van der Waals surface area (Å²) in [4.78, 5) is 23.4. The van der Waals surface area contributed by atoms with E-state index in [9.17, 15) is 9.90 Å². The van der Waals surface area contributed by atoms with E-state index in [0.717, 1.165) is 45.0 Å². The molecule has 1 saturated heterocycles. The Morgan fingerprint density at radius 1 is 1.25 bits per heavy atom. The number of hydrogen-bond donors (Lipinski definition) is 2. The van der Waals surface area contributed by atoms with Crippen LogP contribution in [-0.2, 0) is 4.79 Å². The summed E-state index contributed by atoms with van der Waals surface area (Å²) in [5, 5.41) is 15.1. The summed E-state index contributed by atoms with van der Waals surface area (Å²) >= 11 is 3.62. The number of pyridine rings is 1. The van der Waals surface area contributed by atoms with Crippen LogP contribution in [0.1, 0.15) is 31.4 Å². The molecular formula is C23H23BrN6O2. The van der Waals surface area contributed by atoms with Gasteiger partial charge in [-0.2, -0.15) is 9.61 Å². The van der Waals surface area contributed by atoms with Crippen LogP contribution in [0, 0.1) is 0 Å². The largest absolute Gasteiger partial charge is 0.384 e. The van der Waals surface area contributed by atoms with Crippen molar-refractivity contribution in [2.45, 2.75) is 31.8 Å². The van der Waals surface area contributed by atoms with E-state index in [4.69, 9.17) is 10.7 Å². The lowest BCUT2D eigenvalue weighted by Crippen LogP contribution is -2.42. The highest BCUT2D eigenvalue weighted by atomic mass is 79.9. The Bertz CT molecular complexity index is 1330. The topological polar surface area (TPSA) is 110 Å². The van der Waals surface area contributed by atoms with Crippen molar-refractivity contribution in [3.8, 4) is 11.1 Å². The number of aliphatic hydroxyl groups excluding tert-OH is 1. The fraction of sp³-hybridized carbons (Fsp3) is 0.304. The van der Waals surface area contributed by atoms with E-state index in [0.29, 0.717) is 24.6 Å². The van der Waals surface area contributed by atoms with E-state index in [1.54, 1.807) is 15.6 Å². The maximum absolute atomic E-state index is 12.1. The van der Waals surface area contributed by atoms with Crippen LogP contribution in [0.4, 0.5) is 5.82 Å². The summed E-state index contributed by atoms with van der Waals surface area (Å²) in [7, 11) is 0. The van der Waals surface area contributed by atoms with E-state index < -0.39 is 6.10 Å². The number of benzene rings is 1. The predicted octanol–water partition coefficient (Wildman–Crippen LogP) is 3.38. The molecule has 4 aromatic rings. The van der Waals surface area contributed by atoms with Gasteiger partial charge in [-0.25, -0.2) is 4.98 Å². The number of nitrogens with two attached hydrogens (primary N) is 1. The molecule has 32 heavy (non-hydrogen) atoms. The molecule has 3 N–H and O–H groups in total. The van der Waals surface area contributed by atoms with Crippen LogP contribution in [0.25, 0.3) is 27.7 Å². The second-order valence-electron chi connectivity index (χ2n) is 8.18. The molecule has 8 nitrogen and oxygen atoms in total. The number of rotatable bonds is 3. The van der Waals surface area contributed by atoms with Crippen LogP contribution in [0.15, 0.2) is 47.2 Å². The first-order valence-electron chi connectivity index (χ1n) is 10.6. The molecule has 5 rings (SSSR count). The highest BCUT2D eigenvalue weighted by Crippen LogP contribution is 2.37. The molecule has 0 spiro atoms. The van der Waals surface area contributed by atoms with E-state index >= 15 is 0 Å². The molecule has 1 atom stereocenters. The van der Waals surface area contributed by atoms with Gasteiger partial charge in [-0.1, -0.05) is 18.2 Å². The highest BCUT2D eigenvalue weighted by molar-refractivity contribution is 9.10. The molecule has 0 bridgehead atoms. The number of anilines is 1. The van der Waals surface area contributed by atoms with Gasteiger partial charge in [-0.05, 0) is 47.8 Å². The standard InChI is InChI=1S/C23H23BrN6O2/c1-13(31)23(32)29-8-6-14(7-9-29)20-19(24)21(25)30-22(28-20)17(12-27-30)16-10-15-4-2-3-5-18(15)26-11-16/h2-5,10-14,31H,6-9,25H2,1H3. The van der Waals surface area contributed by atoms with Crippen molar-refractivity contribution in [2.24, 2.45) is 0 Å². The van der Waals surface area contributed by atoms with Gasteiger partial charge in [0, 0.05) is 41.7 Å². The maximum Gasteiger partial charge on any atom is 0.251 e. The molecule has 1 aromatic carbocycles. The zero-order valence-corrected chi connectivity index (χ0v) is 19.2. The molecule has 1 unspecified atom stereocenters. The number of halogens is 1. The molecule has 1 aliphatic rings. The highest BCUT2D eigenvalue weighted by Gasteiger charge is 2.29. The van der Waals surface area contributed by atoms with Crippen molar-refractivity contribution in [2.75, 3.05) is 18.8 Å². The van der Waals surface area contributed by atoms with Crippen LogP contribution in [-0.4, -0.2) is 54.7 Å². The molecule has 4 heterocycles. The Kier molecular flexibility index (Phi) is 5.30. The molecule has 3 aromatic heterocycles. The SMILES string of the molecule is CC(O)C(=O)N1CCC(c2nc3c(-c4cnc5ccccc5c4)cnn3c(N)c2Br)CC1. The number of aliphatic hydroxyl groups is 1. The van der Waals surface area contributed by atoms with Gasteiger partial charge in [0.15, 0.2) is 5.65 Å². The lowest BCUT2D eigenvalue weighted by Gasteiger charge is -2.33. The van der Waals surface area contributed by atoms with Crippen molar-refractivity contribution in [3.63, 3.8) is 0 Å². The third kappa shape index (κ3) is 3.51. The third-order valence-electron chi connectivity index (χ3n) is 6.10. The van der Waals surface area contributed by atoms with Crippen molar-refractivity contribution < 1.29 is 9.90 Å². The third-order valence-corrected chi connectivity index (χ3v) is 6.91. The monoisotopic (exact) mass is 494 g/mol. The summed E-state index contributed by atoms with van der Waals surface area (Å²) < 4.78 is 2.38. The van der Waals surface area contributed by atoms with E-state index in [1.165, 1.54) is 6.92 Å². The molecule has 1 aliphatic heterocycles. The maximum atomic E-state index is 12.1. The number of likely N-dealkylation sites (tertiary alicyclic amines) is 1. The van der Waals surface area contributed by atoms with E-state index in [-0.39, 0.29) is 11.8 Å². The lowest BCUT2D eigenvalue weighted by molar-refractivity contribution is -0.140. The molecule has 1 amide bonds. The van der Waals surface area contributed by atoms with Crippen LogP contribution in [0.3, 0.4) is 0 Å². The van der Waals surface area contributed by atoms with Crippen molar-refractivity contribution in [1.82, 2.24) is 24.5 Å². The molecule has 1 fully saturated rings. The lowest BCUT2D eigenvalue weighted by atomic mass is 9.93. The quantitative estimate of drug-likeness (QED) is 0.451. The summed E-state index contributed by atoms with van der Waals surface area (Å²) in [6.07, 6.45) is 4.12. The first kappa shape index (κ1) is 20.8. The molecular weight excluding hydrogens is 472 g/mol. The minimum Gasteiger partial charge on any atom is -0.384 e. The Morgan fingerprint density at radius 2 is 2.00 bits per heavy atom. The predicted molar refractivity (Wildman–Crippen MR) is 126 cm³/mol. The van der Waals surface area contributed by atoms with Gasteiger partial charge in [0.25, 0.3) is 5.91 Å². The van der Waals surface area contributed by atoms with Gasteiger partial charge in [0.2, 0.25) is 0 Å². The number of amides is 1. The van der Waals surface area contributed by atoms with Crippen LogP contribution in [0.2, 0.25) is 0 Å². The summed E-state index contributed by atoms with van der Waals surface area (Å²) in [5.74, 6) is 0.409. The number of nitrogens with zero attached hydrogens (tertiary/aromatic N) is 5. The number of para-hydroxylation sites is 1. The van der Waals surface area contributed by atoms with Gasteiger partial charge in [-0.15, -0.1) is 0 Å². The second-order valence-corrected chi connectivity index (χ2v) is 8.98. The van der Waals surface area contributed by atoms with Gasteiger partial charge >= 0.3 is 0 Å². The van der Waals surface area contributed by atoms with Crippen LogP contribution < -0.4 is 5.73 Å². The van der Waals surface area contributed by atoms with Gasteiger partial charge < -0.3 is 15.7 Å². The number of aromatic nitrogens is 4. The Hall–Kier alpha value is -3.04. The summed E-state index contributed by atoms with van der Waals surface area (Å²) in [6, 6.07) is 10.1. The van der Waals surface area contributed by atoms with Gasteiger partial charge in [0.1, 0.15) is 11.9 Å². The van der Waals surface area contributed by atoms with E-state index in [2.05, 4.69) is 32.1 Å². The second kappa shape index (κ2) is 8.14. The Morgan fingerprint density at radius 3 is 2.75 bits per heavy atom. The van der Waals surface area contributed by atoms with Crippen molar-refractivity contribution in [1.29, 1.82) is 0 Å². The smallest absolute Gasteiger partial charge is 0.251 e. The fourth-order valence-electron chi connectivity index (χ4n) is 4.34. The molecule has 0 saturated carbocycles. The van der Waals surface area contributed by atoms with Crippen LogP contribution in [0.5, 0.6) is 0 Å². The van der Waals surface area contributed by atoms with E-state index in [1.807, 2.05) is 30.5 Å². The normalized spacial score (nSPS) is 16.0. The Balaban J connectivity index is 1.52. The first-order chi connectivity index (χ1) is 15.4.